The maximum Gasteiger partial charge on any atom is 0.148 e. The molecule has 31 heavy (non-hydrogen) atoms. The topological polar surface area (TPSA) is 21.8 Å². The van der Waals surface area contributed by atoms with Crippen molar-refractivity contribution in [2.45, 2.75) is 17.4 Å². The van der Waals surface area contributed by atoms with Crippen molar-refractivity contribution >= 4 is 0 Å². The van der Waals surface area contributed by atoms with Crippen molar-refractivity contribution in [3.05, 3.63) is 71.8 Å². The molecule has 0 amide bonds. The van der Waals surface area contributed by atoms with Crippen molar-refractivity contribution in [2.75, 3.05) is 67.5 Å². The fourth-order valence-corrected chi connectivity index (χ4v) is 4.49. The van der Waals surface area contributed by atoms with Crippen LogP contribution in [-0.4, -0.2) is 93.5 Å². The van der Waals surface area contributed by atoms with Crippen LogP contribution in [0.15, 0.2) is 60.7 Å². The average Bonchev–Trinajstić information content (AvgIpc) is 2.67. The zero-order valence-electron chi connectivity index (χ0n) is 19.2. The van der Waals surface area contributed by atoms with Gasteiger partial charge in [0, 0.05) is 40.7 Å². The van der Waals surface area contributed by atoms with Crippen LogP contribution in [-0.2, 0) is 0 Å². The highest BCUT2D eigenvalue weighted by molar-refractivity contribution is 5.33. The second-order valence-corrected chi connectivity index (χ2v) is 9.51. The van der Waals surface area contributed by atoms with E-state index in [0.29, 0.717) is 39.3 Å². The van der Waals surface area contributed by atoms with Gasteiger partial charge in [0.25, 0.3) is 0 Å². The fourth-order valence-electron chi connectivity index (χ4n) is 4.49. The van der Waals surface area contributed by atoms with Gasteiger partial charge in [0.05, 0.1) is 6.04 Å². The highest BCUT2D eigenvalue weighted by Gasteiger charge is 2.47. The number of alkyl halides is 2. The molecule has 6 heteroatoms. The van der Waals surface area contributed by atoms with Crippen LogP contribution >= 0.6 is 0 Å². The minimum absolute atomic E-state index is 0. The summed E-state index contributed by atoms with van der Waals surface area (Å²) in [6, 6.07) is 20.9. The summed E-state index contributed by atoms with van der Waals surface area (Å²) < 4.78 is 27.8. The SMILES string of the molecule is CN(C)CC1(F)CN(C(c2ccccc2)c2ccccc2)C1.CN(C)CC1(F)CNC1.[HH]. The molecule has 2 aliphatic heterocycles. The first-order chi connectivity index (χ1) is 14.7. The summed E-state index contributed by atoms with van der Waals surface area (Å²) in [5, 5.41) is 2.91. The number of nitrogens with one attached hydrogen (secondary N) is 1. The van der Waals surface area contributed by atoms with E-state index in [0.717, 1.165) is 0 Å². The minimum atomic E-state index is -1.09. The summed E-state index contributed by atoms with van der Waals surface area (Å²) in [5.74, 6) is 0. The third-order valence-electron chi connectivity index (χ3n) is 5.65. The zero-order chi connectivity index (χ0) is 22.5. The third-order valence-corrected chi connectivity index (χ3v) is 5.65. The highest BCUT2D eigenvalue weighted by atomic mass is 19.1. The van der Waals surface area contributed by atoms with Gasteiger partial charge in [0.15, 0.2) is 0 Å². The predicted molar refractivity (Wildman–Crippen MR) is 126 cm³/mol. The maximum atomic E-state index is 14.7. The van der Waals surface area contributed by atoms with E-state index in [4.69, 9.17) is 0 Å². The smallest absolute Gasteiger partial charge is 0.148 e. The average molecular weight is 433 g/mol. The first kappa shape index (κ1) is 23.8. The summed E-state index contributed by atoms with van der Waals surface area (Å²) in [4.78, 5) is 6.03. The quantitative estimate of drug-likeness (QED) is 0.723. The number of benzene rings is 2. The number of nitrogens with zero attached hydrogens (tertiary/aromatic N) is 3. The van der Waals surface area contributed by atoms with E-state index in [2.05, 4.69) is 34.5 Å². The van der Waals surface area contributed by atoms with E-state index < -0.39 is 11.3 Å². The van der Waals surface area contributed by atoms with E-state index in [1.165, 1.54) is 11.1 Å². The maximum absolute atomic E-state index is 14.7. The Morgan fingerprint density at radius 3 is 1.55 bits per heavy atom. The molecular weight excluding hydrogens is 394 g/mol. The van der Waals surface area contributed by atoms with Crippen LogP contribution in [0.25, 0.3) is 0 Å². The largest absolute Gasteiger partial charge is 0.310 e. The Morgan fingerprint density at radius 2 is 1.23 bits per heavy atom. The van der Waals surface area contributed by atoms with Gasteiger partial charge in [-0.3, -0.25) is 4.90 Å². The molecule has 2 heterocycles. The molecule has 0 saturated carbocycles. The van der Waals surface area contributed by atoms with E-state index >= 15 is 0 Å². The van der Waals surface area contributed by atoms with Gasteiger partial charge in [0.2, 0.25) is 0 Å². The second kappa shape index (κ2) is 10.2. The Morgan fingerprint density at radius 1 is 0.806 bits per heavy atom. The van der Waals surface area contributed by atoms with Crippen LogP contribution in [0.1, 0.15) is 18.6 Å². The molecule has 2 aromatic rings. The molecule has 0 atom stereocenters. The van der Waals surface area contributed by atoms with Gasteiger partial charge in [-0.1, -0.05) is 60.7 Å². The lowest BCUT2D eigenvalue weighted by Gasteiger charge is -2.49. The Labute approximate surface area is 187 Å². The molecule has 0 aliphatic carbocycles. The van der Waals surface area contributed by atoms with E-state index in [9.17, 15) is 8.78 Å². The van der Waals surface area contributed by atoms with Crippen LogP contribution in [0.2, 0.25) is 0 Å². The van der Waals surface area contributed by atoms with Gasteiger partial charge < -0.3 is 15.1 Å². The van der Waals surface area contributed by atoms with Crippen molar-refractivity contribution in [1.82, 2.24) is 20.0 Å². The molecule has 2 aliphatic rings. The molecule has 172 valence electrons. The van der Waals surface area contributed by atoms with Gasteiger partial charge in [-0.25, -0.2) is 8.78 Å². The van der Waals surface area contributed by atoms with Gasteiger partial charge in [-0.2, -0.15) is 0 Å². The Kier molecular flexibility index (Phi) is 7.81. The number of halogens is 2. The molecule has 2 fully saturated rings. The zero-order valence-corrected chi connectivity index (χ0v) is 19.2. The minimum Gasteiger partial charge on any atom is -0.310 e. The van der Waals surface area contributed by atoms with Crippen LogP contribution in [0.5, 0.6) is 0 Å². The normalized spacial score (nSPS) is 19.5. The standard InChI is InChI=1S/C19H23FN2.C6H13FN2.H2/c1-21(2)13-19(20)14-22(15-19)18(16-9-5-3-6-10-16)17-11-7-4-8-12-17;1-9(2)5-6(7)3-8-4-6;/h3-12,18H,13-15H2,1-2H3;8H,3-5H2,1-2H3;1H. The summed E-state index contributed by atoms with van der Waals surface area (Å²) in [7, 11) is 7.63. The van der Waals surface area contributed by atoms with Crippen molar-refractivity contribution in [2.24, 2.45) is 0 Å². The molecular formula is C25H38F2N4. The van der Waals surface area contributed by atoms with Gasteiger partial charge in [-0.15, -0.1) is 0 Å². The van der Waals surface area contributed by atoms with Gasteiger partial charge >= 0.3 is 0 Å². The summed E-state index contributed by atoms with van der Waals surface area (Å²) >= 11 is 0. The number of hydrogen-bond acceptors (Lipinski definition) is 4. The first-order valence-corrected chi connectivity index (χ1v) is 10.9. The lowest BCUT2D eigenvalue weighted by atomic mass is 9.88. The second-order valence-electron chi connectivity index (χ2n) is 9.51. The molecule has 1 N–H and O–H groups in total. The summed E-state index contributed by atoms with van der Waals surface area (Å²) in [5.41, 5.74) is 0.413. The number of rotatable bonds is 7. The number of likely N-dealkylation sites (tertiary alicyclic amines) is 1. The van der Waals surface area contributed by atoms with Crippen molar-refractivity contribution < 1.29 is 10.2 Å². The van der Waals surface area contributed by atoms with E-state index in [-0.39, 0.29) is 7.47 Å². The van der Waals surface area contributed by atoms with Crippen LogP contribution < -0.4 is 5.32 Å². The Balaban J connectivity index is 0.000000307. The fraction of sp³-hybridized carbons (Fsp3) is 0.520. The Hall–Kier alpha value is -1.86. The molecule has 2 aromatic carbocycles. The van der Waals surface area contributed by atoms with Gasteiger partial charge in [0.1, 0.15) is 11.3 Å². The predicted octanol–water partition coefficient (Wildman–Crippen LogP) is 3.47. The van der Waals surface area contributed by atoms with E-state index in [1.807, 2.05) is 74.4 Å². The molecule has 0 bridgehead atoms. The molecule has 0 radical (unpaired) electrons. The van der Waals surface area contributed by atoms with Gasteiger partial charge in [-0.05, 0) is 39.3 Å². The van der Waals surface area contributed by atoms with Crippen molar-refractivity contribution in [3.8, 4) is 0 Å². The molecule has 4 rings (SSSR count). The van der Waals surface area contributed by atoms with Crippen LogP contribution in [0.3, 0.4) is 0 Å². The Bertz CT molecular complexity index is 755. The first-order valence-electron chi connectivity index (χ1n) is 10.9. The molecule has 0 aromatic heterocycles. The molecule has 4 nitrogen and oxygen atoms in total. The molecule has 0 unspecified atom stereocenters. The number of hydrogen-bond donors (Lipinski definition) is 1. The third kappa shape index (κ3) is 6.56. The van der Waals surface area contributed by atoms with Crippen molar-refractivity contribution in [1.29, 1.82) is 0 Å². The summed E-state index contributed by atoms with van der Waals surface area (Å²) in [6.07, 6.45) is 0. The summed E-state index contributed by atoms with van der Waals surface area (Å²) in [6.45, 7) is 3.04. The lowest BCUT2D eigenvalue weighted by molar-refractivity contribution is -0.0620. The molecule has 0 spiro atoms. The highest BCUT2D eigenvalue weighted by Crippen LogP contribution is 2.37. The van der Waals surface area contributed by atoms with Crippen molar-refractivity contribution in [3.63, 3.8) is 0 Å². The van der Waals surface area contributed by atoms with Crippen LogP contribution in [0, 0.1) is 0 Å². The molecule has 2 saturated heterocycles. The van der Waals surface area contributed by atoms with E-state index in [1.54, 1.807) is 0 Å². The van der Waals surface area contributed by atoms with Crippen LogP contribution in [0.4, 0.5) is 8.78 Å². The lowest BCUT2D eigenvalue weighted by Crippen LogP contribution is -2.63. The monoisotopic (exact) mass is 432 g/mol.